The number of nitrogens with zero attached hydrogens (tertiary/aromatic N) is 4. The molecule has 0 saturated carbocycles. The van der Waals surface area contributed by atoms with Crippen LogP contribution in [0.1, 0.15) is 6.42 Å². The molecule has 0 aliphatic heterocycles. The molecular formula is C10H13N5OS. The number of aromatic nitrogens is 2. The van der Waals surface area contributed by atoms with Crippen molar-refractivity contribution in [2.45, 2.75) is 11.4 Å². The fourth-order valence-electron chi connectivity index (χ4n) is 1.03. The third kappa shape index (κ3) is 4.28. The average Bonchev–Trinajstić information content (AvgIpc) is 2.34. The number of carbonyl (C=O) groups is 1. The maximum absolute atomic E-state index is 11.6. The van der Waals surface area contributed by atoms with Gasteiger partial charge in [0.2, 0.25) is 5.91 Å². The van der Waals surface area contributed by atoms with Crippen LogP contribution >= 0.6 is 11.8 Å². The lowest BCUT2D eigenvalue weighted by Gasteiger charge is -2.14. The lowest BCUT2D eigenvalue weighted by molar-refractivity contribution is -0.127. The van der Waals surface area contributed by atoms with E-state index < -0.39 is 0 Å². The van der Waals surface area contributed by atoms with Gasteiger partial charge in [-0.15, -0.1) is 0 Å². The van der Waals surface area contributed by atoms with Gasteiger partial charge in [-0.25, -0.2) is 9.97 Å². The Labute approximate surface area is 104 Å². The predicted molar refractivity (Wildman–Crippen MR) is 65.0 cm³/mol. The van der Waals surface area contributed by atoms with Crippen molar-refractivity contribution >= 4 is 23.5 Å². The lowest BCUT2D eigenvalue weighted by atomic mass is 10.4. The summed E-state index contributed by atoms with van der Waals surface area (Å²) in [6.07, 6.45) is 3.36. The van der Waals surface area contributed by atoms with E-state index in [-0.39, 0.29) is 11.7 Å². The second-order valence-electron chi connectivity index (χ2n) is 3.26. The molecule has 90 valence electrons. The molecule has 0 spiro atoms. The van der Waals surface area contributed by atoms with Crippen molar-refractivity contribution in [1.82, 2.24) is 14.9 Å². The molecule has 0 bridgehead atoms. The smallest absolute Gasteiger partial charge is 0.232 e. The molecule has 0 unspecified atom stereocenters. The van der Waals surface area contributed by atoms with Crippen molar-refractivity contribution < 1.29 is 4.79 Å². The molecule has 2 N–H and O–H groups in total. The maximum Gasteiger partial charge on any atom is 0.232 e. The van der Waals surface area contributed by atoms with Crippen LogP contribution in [-0.2, 0) is 4.79 Å². The van der Waals surface area contributed by atoms with Gasteiger partial charge < -0.3 is 10.6 Å². The highest BCUT2D eigenvalue weighted by atomic mass is 32.2. The number of rotatable bonds is 5. The summed E-state index contributed by atoms with van der Waals surface area (Å²) in [7, 11) is 1.67. The van der Waals surface area contributed by atoms with E-state index in [1.807, 2.05) is 6.07 Å². The molecule has 0 radical (unpaired) electrons. The van der Waals surface area contributed by atoms with Crippen LogP contribution in [-0.4, -0.2) is 40.1 Å². The summed E-state index contributed by atoms with van der Waals surface area (Å²) >= 11 is 1.24. The van der Waals surface area contributed by atoms with Gasteiger partial charge in [0.25, 0.3) is 0 Å². The number of amides is 1. The Hall–Kier alpha value is -1.81. The number of carbonyl (C=O) groups excluding carboxylic acids is 1. The van der Waals surface area contributed by atoms with Crippen molar-refractivity contribution in [3.8, 4) is 6.07 Å². The predicted octanol–water partition coefficient (Wildman–Crippen LogP) is 0.523. The molecule has 1 rings (SSSR count). The molecule has 0 aliphatic rings. The summed E-state index contributed by atoms with van der Waals surface area (Å²) < 4.78 is 0. The van der Waals surface area contributed by atoms with Crippen molar-refractivity contribution in [2.75, 3.05) is 25.1 Å². The fraction of sp³-hybridized carbons (Fsp3) is 0.400. The molecule has 0 fully saturated rings. The Kier molecular flexibility index (Phi) is 5.23. The molecule has 17 heavy (non-hydrogen) atoms. The van der Waals surface area contributed by atoms with Gasteiger partial charge in [0.05, 0.1) is 18.2 Å². The van der Waals surface area contributed by atoms with Crippen LogP contribution < -0.4 is 5.73 Å². The highest BCUT2D eigenvalue weighted by Crippen LogP contribution is 2.19. The molecule has 7 heteroatoms. The van der Waals surface area contributed by atoms with Crippen LogP contribution in [0, 0.1) is 11.3 Å². The van der Waals surface area contributed by atoms with Crippen molar-refractivity contribution in [1.29, 1.82) is 5.26 Å². The minimum absolute atomic E-state index is 0.0599. The van der Waals surface area contributed by atoms with E-state index in [4.69, 9.17) is 11.0 Å². The van der Waals surface area contributed by atoms with E-state index >= 15 is 0 Å². The van der Waals surface area contributed by atoms with E-state index in [1.54, 1.807) is 7.05 Å². The highest BCUT2D eigenvalue weighted by molar-refractivity contribution is 8.00. The van der Waals surface area contributed by atoms with Crippen LogP contribution in [0.3, 0.4) is 0 Å². The minimum Gasteiger partial charge on any atom is -0.381 e. The third-order valence-corrected chi connectivity index (χ3v) is 2.99. The first-order valence-corrected chi connectivity index (χ1v) is 5.94. The summed E-state index contributed by atoms with van der Waals surface area (Å²) in [6, 6.07) is 1.99. The Morgan fingerprint density at radius 1 is 1.59 bits per heavy atom. The second-order valence-corrected chi connectivity index (χ2v) is 4.22. The number of nitrogen functional groups attached to an aromatic ring is 1. The Bertz CT molecular complexity index is 431. The van der Waals surface area contributed by atoms with Gasteiger partial charge in [-0.2, -0.15) is 5.26 Å². The standard InChI is InChI=1S/C10H13N5OS/c1-15(6-2-3-11)8(16)7-17-10-9(12)13-4-5-14-10/h4-5H,2,6-7H2,1H3,(H2,12,13). The monoisotopic (exact) mass is 251 g/mol. The molecular weight excluding hydrogens is 238 g/mol. The topological polar surface area (TPSA) is 95.9 Å². The Balaban J connectivity index is 2.43. The molecule has 1 aromatic rings. The van der Waals surface area contributed by atoms with Crippen molar-refractivity contribution in [3.63, 3.8) is 0 Å². The van der Waals surface area contributed by atoms with Gasteiger partial charge in [-0.1, -0.05) is 11.8 Å². The molecule has 0 saturated heterocycles. The lowest BCUT2D eigenvalue weighted by Crippen LogP contribution is -2.29. The maximum atomic E-state index is 11.6. The summed E-state index contributed by atoms with van der Waals surface area (Å²) in [5.74, 6) is 0.505. The average molecular weight is 251 g/mol. The van der Waals surface area contributed by atoms with Gasteiger partial charge in [0.15, 0.2) is 5.82 Å². The molecule has 0 atom stereocenters. The third-order valence-electron chi connectivity index (χ3n) is 2.01. The quantitative estimate of drug-likeness (QED) is 0.766. The number of thioether (sulfide) groups is 1. The highest BCUT2D eigenvalue weighted by Gasteiger charge is 2.10. The zero-order valence-corrected chi connectivity index (χ0v) is 10.3. The fourth-order valence-corrected chi connectivity index (χ4v) is 1.85. The second kappa shape index (κ2) is 6.70. The van der Waals surface area contributed by atoms with Crippen LogP contribution in [0.2, 0.25) is 0 Å². The number of hydrogen-bond donors (Lipinski definition) is 1. The van der Waals surface area contributed by atoms with Crippen LogP contribution in [0.5, 0.6) is 0 Å². The molecule has 6 nitrogen and oxygen atoms in total. The molecule has 1 amide bonds. The summed E-state index contributed by atoms with van der Waals surface area (Å²) in [5, 5.41) is 8.96. The minimum atomic E-state index is -0.0599. The normalized spacial score (nSPS) is 9.65. The zero-order chi connectivity index (χ0) is 12.7. The molecule has 1 aromatic heterocycles. The Morgan fingerprint density at radius 3 is 2.94 bits per heavy atom. The van der Waals surface area contributed by atoms with Crippen LogP contribution in [0.15, 0.2) is 17.4 Å². The van der Waals surface area contributed by atoms with Crippen LogP contribution in [0.25, 0.3) is 0 Å². The largest absolute Gasteiger partial charge is 0.381 e. The van der Waals surface area contributed by atoms with Gasteiger partial charge in [0, 0.05) is 26.0 Å². The summed E-state index contributed by atoms with van der Waals surface area (Å²) in [4.78, 5) is 21.1. The number of nitrogens with two attached hydrogens (primary N) is 1. The van der Waals surface area contributed by atoms with E-state index in [1.165, 1.54) is 29.1 Å². The van der Waals surface area contributed by atoms with E-state index in [2.05, 4.69) is 9.97 Å². The molecule has 1 heterocycles. The SMILES string of the molecule is CN(CCC#N)C(=O)CSc1nccnc1N. The van der Waals surface area contributed by atoms with E-state index in [0.717, 1.165) is 0 Å². The van der Waals surface area contributed by atoms with E-state index in [9.17, 15) is 4.79 Å². The van der Waals surface area contributed by atoms with Gasteiger partial charge in [0.1, 0.15) is 5.03 Å². The first-order valence-electron chi connectivity index (χ1n) is 4.95. The van der Waals surface area contributed by atoms with Crippen molar-refractivity contribution in [3.05, 3.63) is 12.4 Å². The molecule has 0 aliphatic carbocycles. The number of anilines is 1. The van der Waals surface area contributed by atoms with Gasteiger partial charge in [-0.05, 0) is 0 Å². The first kappa shape index (κ1) is 13.3. The van der Waals surface area contributed by atoms with Crippen LogP contribution in [0.4, 0.5) is 5.82 Å². The summed E-state index contributed by atoms with van der Waals surface area (Å²) in [6.45, 7) is 0.436. The van der Waals surface area contributed by atoms with Gasteiger partial charge in [-0.3, -0.25) is 4.79 Å². The number of nitriles is 1. The molecule has 0 aromatic carbocycles. The first-order chi connectivity index (χ1) is 8.15. The summed E-state index contributed by atoms with van der Waals surface area (Å²) in [5.41, 5.74) is 5.60. The zero-order valence-electron chi connectivity index (χ0n) is 9.46. The Morgan fingerprint density at radius 2 is 2.29 bits per heavy atom. The van der Waals surface area contributed by atoms with Crippen molar-refractivity contribution in [2.24, 2.45) is 0 Å². The van der Waals surface area contributed by atoms with E-state index in [0.29, 0.717) is 23.8 Å². The van der Waals surface area contributed by atoms with Gasteiger partial charge >= 0.3 is 0 Å². The number of hydrogen-bond acceptors (Lipinski definition) is 6.